The van der Waals surface area contributed by atoms with Crippen molar-refractivity contribution in [3.8, 4) is 6.07 Å². The fraction of sp³-hybridized carbons (Fsp3) is 0.929. The molecule has 2 fully saturated rings. The summed E-state index contributed by atoms with van der Waals surface area (Å²) in [6.07, 6.45) is 8.89. The van der Waals surface area contributed by atoms with Gasteiger partial charge in [0.05, 0.1) is 12.0 Å². The molecule has 4 unspecified atom stereocenters. The molecule has 0 radical (unpaired) electrons. The van der Waals surface area contributed by atoms with Crippen molar-refractivity contribution < 1.29 is 0 Å². The normalized spacial score (nSPS) is 37.9. The molecule has 0 aromatic carbocycles. The highest BCUT2D eigenvalue weighted by molar-refractivity contribution is 7.99. The van der Waals surface area contributed by atoms with Crippen LogP contribution in [0.2, 0.25) is 0 Å². The van der Waals surface area contributed by atoms with Crippen molar-refractivity contribution in [2.75, 3.05) is 5.75 Å². The molecule has 0 heterocycles. The Morgan fingerprint density at radius 2 is 1.88 bits per heavy atom. The Morgan fingerprint density at radius 1 is 1.12 bits per heavy atom. The molecule has 2 aliphatic rings. The molecule has 0 bridgehead atoms. The fourth-order valence-corrected chi connectivity index (χ4v) is 4.50. The Morgan fingerprint density at radius 3 is 2.65 bits per heavy atom. The van der Waals surface area contributed by atoms with Crippen molar-refractivity contribution in [2.24, 2.45) is 5.92 Å². The first kappa shape index (κ1) is 13.2. The lowest BCUT2D eigenvalue weighted by Crippen LogP contribution is -2.46. The van der Waals surface area contributed by atoms with Gasteiger partial charge < -0.3 is 5.32 Å². The smallest absolute Gasteiger partial charge is 0.0672 e. The molecule has 17 heavy (non-hydrogen) atoms. The lowest BCUT2D eigenvalue weighted by Gasteiger charge is -2.32. The largest absolute Gasteiger partial charge is 0.309 e. The minimum atomic E-state index is 0.261. The van der Waals surface area contributed by atoms with Gasteiger partial charge in [0.15, 0.2) is 0 Å². The molecule has 0 spiro atoms. The zero-order valence-electron chi connectivity index (χ0n) is 10.8. The van der Waals surface area contributed by atoms with Crippen molar-refractivity contribution in [1.82, 2.24) is 5.32 Å². The molecule has 1 N–H and O–H groups in total. The third-order valence-corrected chi connectivity index (χ3v) is 5.52. The molecular formula is C14H24N2S. The Balaban J connectivity index is 1.88. The van der Waals surface area contributed by atoms with Crippen LogP contribution < -0.4 is 5.32 Å². The molecule has 0 aliphatic heterocycles. The molecule has 2 aliphatic carbocycles. The number of nitrogens with zero attached hydrogens (tertiary/aromatic N) is 1. The predicted molar refractivity (Wildman–Crippen MR) is 74.1 cm³/mol. The summed E-state index contributed by atoms with van der Waals surface area (Å²) in [6, 6.07) is 3.64. The van der Waals surface area contributed by atoms with E-state index in [0.717, 1.165) is 11.7 Å². The summed E-state index contributed by atoms with van der Waals surface area (Å²) >= 11 is 2.10. The summed E-state index contributed by atoms with van der Waals surface area (Å²) in [5.74, 6) is 1.48. The second kappa shape index (κ2) is 6.66. The number of hydrogen-bond acceptors (Lipinski definition) is 3. The van der Waals surface area contributed by atoms with Crippen LogP contribution in [0.25, 0.3) is 0 Å². The van der Waals surface area contributed by atoms with Gasteiger partial charge in [-0.25, -0.2) is 0 Å². The van der Waals surface area contributed by atoms with E-state index in [1.807, 2.05) is 0 Å². The van der Waals surface area contributed by atoms with Crippen LogP contribution >= 0.6 is 11.8 Å². The van der Waals surface area contributed by atoms with Crippen LogP contribution in [-0.2, 0) is 0 Å². The summed E-state index contributed by atoms with van der Waals surface area (Å²) in [4.78, 5) is 0. The van der Waals surface area contributed by atoms with Crippen LogP contribution in [0.15, 0.2) is 0 Å². The highest BCUT2D eigenvalue weighted by Gasteiger charge is 2.32. The SMILES string of the molecule is CCSC1CCCC1NC1CCCCC1C#N. The molecule has 0 aromatic heterocycles. The first-order valence-corrected chi connectivity index (χ1v) is 8.17. The number of rotatable bonds is 4. The van der Waals surface area contributed by atoms with Crippen LogP contribution in [0, 0.1) is 17.2 Å². The second-order valence-corrected chi connectivity index (χ2v) is 6.84. The number of hydrogen-bond donors (Lipinski definition) is 1. The van der Waals surface area contributed by atoms with Gasteiger partial charge >= 0.3 is 0 Å². The zero-order valence-corrected chi connectivity index (χ0v) is 11.6. The molecule has 96 valence electrons. The molecule has 0 saturated heterocycles. The molecule has 0 amide bonds. The Kier molecular flexibility index (Phi) is 5.18. The number of nitriles is 1. The molecular weight excluding hydrogens is 228 g/mol. The van der Waals surface area contributed by atoms with Gasteiger partial charge in [-0.2, -0.15) is 17.0 Å². The third-order valence-electron chi connectivity index (χ3n) is 4.19. The van der Waals surface area contributed by atoms with E-state index < -0.39 is 0 Å². The Labute approximate surface area is 110 Å². The molecule has 2 rings (SSSR count). The van der Waals surface area contributed by atoms with Crippen LogP contribution in [-0.4, -0.2) is 23.1 Å². The molecule has 2 saturated carbocycles. The van der Waals surface area contributed by atoms with Crippen LogP contribution in [0.3, 0.4) is 0 Å². The Bertz CT molecular complexity index is 274. The number of thioether (sulfide) groups is 1. The molecule has 3 heteroatoms. The van der Waals surface area contributed by atoms with Gasteiger partial charge in [-0.05, 0) is 31.4 Å². The summed E-state index contributed by atoms with van der Waals surface area (Å²) in [6.45, 7) is 2.25. The van der Waals surface area contributed by atoms with Crippen molar-refractivity contribution in [3.05, 3.63) is 0 Å². The summed E-state index contributed by atoms with van der Waals surface area (Å²) in [5, 5.41) is 13.8. The van der Waals surface area contributed by atoms with Crippen molar-refractivity contribution in [3.63, 3.8) is 0 Å². The van der Waals surface area contributed by atoms with Crippen molar-refractivity contribution >= 4 is 11.8 Å². The van der Waals surface area contributed by atoms with E-state index in [0.29, 0.717) is 12.1 Å². The first-order valence-electron chi connectivity index (χ1n) is 7.12. The van der Waals surface area contributed by atoms with Gasteiger partial charge in [0.2, 0.25) is 0 Å². The van der Waals surface area contributed by atoms with E-state index in [1.165, 1.54) is 44.3 Å². The van der Waals surface area contributed by atoms with Gasteiger partial charge in [0.1, 0.15) is 0 Å². The zero-order chi connectivity index (χ0) is 12.1. The summed E-state index contributed by atoms with van der Waals surface area (Å²) < 4.78 is 0. The van der Waals surface area contributed by atoms with Crippen LogP contribution in [0.4, 0.5) is 0 Å². The lowest BCUT2D eigenvalue weighted by molar-refractivity contribution is 0.287. The van der Waals surface area contributed by atoms with E-state index in [1.54, 1.807) is 0 Å². The van der Waals surface area contributed by atoms with E-state index in [9.17, 15) is 5.26 Å². The van der Waals surface area contributed by atoms with Gasteiger partial charge in [-0.1, -0.05) is 26.2 Å². The van der Waals surface area contributed by atoms with Gasteiger partial charge in [0, 0.05) is 17.3 Å². The standard InChI is InChI=1S/C14H24N2S/c1-2-17-14-9-5-8-13(14)16-12-7-4-3-6-11(12)10-15/h11-14,16H,2-9H2,1H3. The van der Waals surface area contributed by atoms with Gasteiger partial charge in [-0.3, -0.25) is 0 Å². The van der Waals surface area contributed by atoms with Crippen LogP contribution in [0.5, 0.6) is 0 Å². The molecule has 0 aromatic rings. The van der Waals surface area contributed by atoms with Crippen LogP contribution in [0.1, 0.15) is 51.9 Å². The molecule has 4 atom stereocenters. The maximum absolute atomic E-state index is 9.21. The monoisotopic (exact) mass is 252 g/mol. The minimum absolute atomic E-state index is 0.261. The highest BCUT2D eigenvalue weighted by atomic mass is 32.2. The second-order valence-electron chi connectivity index (χ2n) is 5.32. The van der Waals surface area contributed by atoms with Crippen molar-refractivity contribution in [1.29, 1.82) is 5.26 Å². The lowest BCUT2D eigenvalue weighted by atomic mass is 9.85. The van der Waals surface area contributed by atoms with Gasteiger partial charge in [-0.15, -0.1) is 0 Å². The average molecular weight is 252 g/mol. The van der Waals surface area contributed by atoms with E-state index >= 15 is 0 Å². The topological polar surface area (TPSA) is 35.8 Å². The van der Waals surface area contributed by atoms with Crippen molar-refractivity contribution in [2.45, 2.75) is 69.2 Å². The van der Waals surface area contributed by atoms with Gasteiger partial charge in [0.25, 0.3) is 0 Å². The maximum atomic E-state index is 9.21. The Hall–Kier alpha value is -0.200. The predicted octanol–water partition coefficient (Wildman–Crippen LogP) is 3.33. The highest BCUT2D eigenvalue weighted by Crippen LogP contribution is 2.32. The summed E-state index contributed by atoms with van der Waals surface area (Å²) in [7, 11) is 0. The average Bonchev–Trinajstić information content (AvgIpc) is 2.78. The van der Waals surface area contributed by atoms with E-state index in [4.69, 9.17) is 0 Å². The first-order chi connectivity index (χ1) is 8.35. The maximum Gasteiger partial charge on any atom is 0.0672 e. The van der Waals surface area contributed by atoms with E-state index in [-0.39, 0.29) is 5.92 Å². The van der Waals surface area contributed by atoms with E-state index in [2.05, 4.69) is 30.1 Å². The third kappa shape index (κ3) is 3.39. The number of nitrogens with one attached hydrogen (secondary N) is 1. The summed E-state index contributed by atoms with van der Waals surface area (Å²) in [5.41, 5.74) is 0. The molecule has 2 nitrogen and oxygen atoms in total. The minimum Gasteiger partial charge on any atom is -0.309 e. The fourth-order valence-electron chi connectivity index (χ4n) is 3.29. The quantitative estimate of drug-likeness (QED) is 0.833.